The molecule has 1 atom stereocenters. The van der Waals surface area contributed by atoms with Gasteiger partial charge in [-0.2, -0.15) is 0 Å². The molecule has 0 bridgehead atoms. The summed E-state index contributed by atoms with van der Waals surface area (Å²) in [6.45, 7) is -0.123. The van der Waals surface area contributed by atoms with E-state index in [1.54, 1.807) is 12.1 Å². The molecule has 2 N–H and O–H groups in total. The van der Waals surface area contributed by atoms with Gasteiger partial charge in [-0.05, 0) is 24.1 Å². The number of nitrogens with zero attached hydrogens (tertiary/aromatic N) is 1. The van der Waals surface area contributed by atoms with E-state index >= 15 is 0 Å². The zero-order valence-electron chi connectivity index (χ0n) is 22.8. The Hall–Kier alpha value is -5.27. The molecule has 0 spiro atoms. The molecule has 2 aliphatic heterocycles. The summed E-state index contributed by atoms with van der Waals surface area (Å²) in [6, 6.07) is 7.99. The number of hydrogen-bond donors (Lipinski definition) is 2. The minimum absolute atomic E-state index is 0.0834. The summed E-state index contributed by atoms with van der Waals surface area (Å²) < 4.78 is 61.7. The molecule has 11 nitrogen and oxygen atoms in total. The Bertz CT molecular complexity index is 1620. The number of rotatable bonds is 8. The number of piperidine rings is 1. The number of ether oxygens (including phenoxy) is 4. The van der Waals surface area contributed by atoms with E-state index in [9.17, 15) is 32.3 Å². The van der Waals surface area contributed by atoms with Crippen LogP contribution in [0.4, 0.5) is 23.7 Å². The van der Waals surface area contributed by atoms with Gasteiger partial charge in [0.05, 0.1) is 25.5 Å². The molecule has 0 aliphatic carbocycles. The third kappa shape index (κ3) is 5.89. The Labute approximate surface area is 242 Å². The number of halogens is 3. The molecule has 14 heteroatoms. The summed E-state index contributed by atoms with van der Waals surface area (Å²) in [5.41, 5.74) is 1.43. The molecule has 0 saturated carbocycles. The Balaban J connectivity index is 1.25. The summed E-state index contributed by atoms with van der Waals surface area (Å²) in [4.78, 5) is 51.2. The highest BCUT2D eigenvalue weighted by Crippen LogP contribution is 2.37. The minimum atomic E-state index is -1.62. The van der Waals surface area contributed by atoms with Gasteiger partial charge in [0.2, 0.25) is 11.8 Å². The number of methoxy groups -OCH3 is 2. The van der Waals surface area contributed by atoms with Crippen molar-refractivity contribution in [2.45, 2.75) is 32.0 Å². The minimum Gasteiger partial charge on any atom is -0.495 e. The number of amides is 4. The molecular weight excluding hydrogens is 575 g/mol. The molecule has 3 aromatic rings. The van der Waals surface area contributed by atoms with Crippen LogP contribution in [0.1, 0.15) is 34.3 Å². The first-order chi connectivity index (χ1) is 20.6. The Morgan fingerprint density at radius 1 is 1.00 bits per heavy atom. The van der Waals surface area contributed by atoms with Crippen molar-refractivity contribution in [1.29, 1.82) is 0 Å². The second kappa shape index (κ2) is 11.9. The van der Waals surface area contributed by atoms with Crippen molar-refractivity contribution in [3.63, 3.8) is 0 Å². The molecule has 0 aromatic heterocycles. The van der Waals surface area contributed by atoms with Crippen molar-refractivity contribution in [2.24, 2.45) is 0 Å². The van der Waals surface area contributed by atoms with E-state index in [1.165, 1.54) is 37.3 Å². The number of benzene rings is 3. The maximum absolute atomic E-state index is 13.5. The van der Waals surface area contributed by atoms with Gasteiger partial charge in [-0.3, -0.25) is 25.0 Å². The van der Waals surface area contributed by atoms with Gasteiger partial charge in [-0.25, -0.2) is 18.0 Å². The fourth-order valence-electron chi connectivity index (χ4n) is 4.86. The van der Waals surface area contributed by atoms with Crippen molar-refractivity contribution in [2.75, 3.05) is 19.5 Å². The molecule has 1 unspecified atom stereocenters. The van der Waals surface area contributed by atoms with Crippen molar-refractivity contribution < 1.29 is 51.3 Å². The second-order valence-electron chi connectivity index (χ2n) is 9.56. The molecule has 0 radical (unpaired) electrons. The third-order valence-corrected chi connectivity index (χ3v) is 6.89. The molecule has 1 saturated heterocycles. The van der Waals surface area contributed by atoms with Crippen LogP contribution in [0.5, 0.6) is 23.0 Å². The summed E-state index contributed by atoms with van der Waals surface area (Å²) in [7, 11) is 2.68. The first-order valence-corrected chi connectivity index (χ1v) is 12.9. The standard InChI is InChI=1S/C29H24F3N3O8/c1-40-22-11-16(43-17-9-18(30)25(32)19(31)10-17)5-6-20(22)33-29(39)42-13-15-4-3-14-12-35(28(38)24(14)26(15)41-2)21-7-8-23(36)34-27(21)37/h3-6,9-11,21H,7-8,12-13H2,1-2H3,(H,33,39)(H,34,36,37). The van der Waals surface area contributed by atoms with Crippen molar-refractivity contribution in [3.05, 3.63) is 76.6 Å². The van der Waals surface area contributed by atoms with E-state index < -0.39 is 41.4 Å². The van der Waals surface area contributed by atoms with Gasteiger partial charge in [0.25, 0.3) is 5.91 Å². The number of imide groups is 1. The average Bonchev–Trinajstić information content (AvgIpc) is 3.31. The first kappa shape index (κ1) is 29.2. The van der Waals surface area contributed by atoms with E-state index in [1.807, 2.05) is 0 Å². The van der Waals surface area contributed by atoms with Crippen molar-refractivity contribution in [1.82, 2.24) is 10.2 Å². The van der Waals surface area contributed by atoms with E-state index in [4.69, 9.17) is 18.9 Å². The van der Waals surface area contributed by atoms with Gasteiger partial charge in [0.15, 0.2) is 17.5 Å². The lowest BCUT2D eigenvalue weighted by Crippen LogP contribution is -2.52. The quantitative estimate of drug-likeness (QED) is 0.287. The fourth-order valence-corrected chi connectivity index (χ4v) is 4.86. The number of carbonyl (C=O) groups is 4. The maximum atomic E-state index is 13.5. The lowest BCUT2D eigenvalue weighted by molar-refractivity contribution is -0.136. The van der Waals surface area contributed by atoms with Crippen LogP contribution in [0, 0.1) is 17.5 Å². The summed E-state index contributed by atoms with van der Waals surface area (Å²) in [6.07, 6.45) is -0.548. The molecule has 3 aromatic carbocycles. The summed E-state index contributed by atoms with van der Waals surface area (Å²) in [5.74, 6) is -5.72. The monoisotopic (exact) mass is 599 g/mol. The highest BCUT2D eigenvalue weighted by atomic mass is 19.2. The van der Waals surface area contributed by atoms with Gasteiger partial charge >= 0.3 is 6.09 Å². The van der Waals surface area contributed by atoms with Crippen LogP contribution < -0.4 is 24.8 Å². The second-order valence-corrected chi connectivity index (χ2v) is 9.56. The van der Waals surface area contributed by atoms with Crippen LogP contribution in [0.15, 0.2) is 42.5 Å². The zero-order chi connectivity index (χ0) is 30.8. The van der Waals surface area contributed by atoms with Gasteiger partial charge in [-0.15, -0.1) is 0 Å². The highest BCUT2D eigenvalue weighted by Gasteiger charge is 2.41. The molecule has 1 fully saturated rings. The van der Waals surface area contributed by atoms with Gasteiger partial charge in [0.1, 0.15) is 35.6 Å². The lowest BCUT2D eigenvalue weighted by atomic mass is 10.0. The topological polar surface area (TPSA) is 132 Å². The van der Waals surface area contributed by atoms with Crippen LogP contribution in [0.3, 0.4) is 0 Å². The predicted octanol–water partition coefficient (Wildman–Crippen LogP) is 4.42. The molecule has 5 rings (SSSR count). The third-order valence-electron chi connectivity index (χ3n) is 6.89. The van der Waals surface area contributed by atoms with Gasteiger partial charge in [0, 0.05) is 36.7 Å². The SMILES string of the molecule is COc1cc(Oc2cc(F)c(F)c(F)c2)ccc1NC(=O)OCc1ccc2c(c1OC)C(=O)N(C1CCC(=O)NC1=O)C2. The first-order valence-electron chi connectivity index (χ1n) is 12.9. The number of carbonyl (C=O) groups excluding carboxylic acids is 4. The molecule has 224 valence electrons. The smallest absolute Gasteiger partial charge is 0.412 e. The van der Waals surface area contributed by atoms with Gasteiger partial charge < -0.3 is 23.8 Å². The van der Waals surface area contributed by atoms with Crippen LogP contribution in [0.25, 0.3) is 0 Å². The normalized spacial score (nSPS) is 16.0. The Kier molecular flexibility index (Phi) is 8.10. The lowest BCUT2D eigenvalue weighted by Gasteiger charge is -2.29. The van der Waals surface area contributed by atoms with Crippen LogP contribution in [-0.2, 0) is 27.5 Å². The average molecular weight is 600 g/mol. The summed E-state index contributed by atoms with van der Waals surface area (Å²) >= 11 is 0. The largest absolute Gasteiger partial charge is 0.495 e. The number of nitrogens with one attached hydrogen (secondary N) is 2. The Morgan fingerprint density at radius 3 is 2.42 bits per heavy atom. The maximum Gasteiger partial charge on any atom is 0.412 e. The molecular formula is C29H24F3N3O8. The molecule has 4 amide bonds. The number of hydrogen-bond acceptors (Lipinski definition) is 8. The van der Waals surface area contributed by atoms with Crippen molar-refractivity contribution >= 4 is 29.5 Å². The summed E-state index contributed by atoms with van der Waals surface area (Å²) in [5, 5.41) is 4.76. The van der Waals surface area contributed by atoms with Crippen LogP contribution >= 0.6 is 0 Å². The fraction of sp³-hybridized carbons (Fsp3) is 0.241. The van der Waals surface area contributed by atoms with Crippen LogP contribution in [0.2, 0.25) is 0 Å². The van der Waals surface area contributed by atoms with Crippen LogP contribution in [-0.4, -0.2) is 49.0 Å². The van der Waals surface area contributed by atoms with E-state index in [0.29, 0.717) is 23.3 Å². The van der Waals surface area contributed by atoms with Crippen molar-refractivity contribution in [3.8, 4) is 23.0 Å². The number of anilines is 1. The zero-order valence-corrected chi connectivity index (χ0v) is 22.8. The van der Waals surface area contributed by atoms with Gasteiger partial charge in [-0.1, -0.05) is 12.1 Å². The molecule has 2 aliphatic rings. The Morgan fingerprint density at radius 2 is 1.74 bits per heavy atom. The molecule has 2 heterocycles. The number of fused-ring (bicyclic) bond motifs is 1. The van der Waals surface area contributed by atoms with E-state index in [-0.39, 0.29) is 66.1 Å². The predicted molar refractivity (Wildman–Crippen MR) is 142 cm³/mol. The molecule has 43 heavy (non-hydrogen) atoms. The van der Waals surface area contributed by atoms with E-state index in [0.717, 1.165) is 0 Å². The van der Waals surface area contributed by atoms with E-state index in [2.05, 4.69) is 10.6 Å². The highest BCUT2D eigenvalue weighted by molar-refractivity contribution is 6.06.